The zero-order valence-corrected chi connectivity index (χ0v) is 18.0. The molecular weight excluding hydrogens is 419 g/mol. The maximum absolute atomic E-state index is 6.14. The van der Waals surface area contributed by atoms with Crippen LogP contribution in [0, 0.1) is 0 Å². The minimum Gasteiger partial charge on any atom is -0.362 e. The third-order valence-corrected chi connectivity index (χ3v) is 4.98. The highest BCUT2D eigenvalue weighted by Crippen LogP contribution is 2.21. The van der Waals surface area contributed by atoms with Crippen LogP contribution in [0.1, 0.15) is 19.8 Å². The molecule has 0 aliphatic heterocycles. The average molecular weight is 441 g/mol. The predicted molar refractivity (Wildman–Crippen MR) is 125 cm³/mol. The molecule has 144 valence electrons. The molecule has 0 bridgehead atoms. The van der Waals surface area contributed by atoms with Crippen LogP contribution in [-0.2, 0) is 0 Å². The summed E-state index contributed by atoms with van der Waals surface area (Å²) in [7, 11) is 0. The van der Waals surface area contributed by atoms with Gasteiger partial charge in [0.15, 0.2) is 10.2 Å². The van der Waals surface area contributed by atoms with Crippen molar-refractivity contribution in [3.63, 3.8) is 0 Å². The van der Waals surface area contributed by atoms with Crippen molar-refractivity contribution in [3.8, 4) is 0 Å². The molecule has 0 amide bonds. The number of rotatable bonds is 7. The lowest BCUT2D eigenvalue weighted by Crippen LogP contribution is -2.40. The van der Waals surface area contributed by atoms with E-state index in [9.17, 15) is 0 Å². The lowest BCUT2D eigenvalue weighted by atomic mass is 10.1. The second-order valence-electron chi connectivity index (χ2n) is 5.83. The Labute approximate surface area is 181 Å². The maximum atomic E-state index is 6.14. The summed E-state index contributed by atoms with van der Waals surface area (Å²) in [6, 6.07) is 15.2. The molecule has 0 aliphatic carbocycles. The fourth-order valence-electron chi connectivity index (χ4n) is 2.37. The van der Waals surface area contributed by atoms with Crippen LogP contribution in [0.25, 0.3) is 0 Å². The van der Waals surface area contributed by atoms with Crippen LogP contribution in [0.2, 0.25) is 10.0 Å². The van der Waals surface area contributed by atoms with Gasteiger partial charge in [-0.05, 0) is 61.5 Å². The third kappa shape index (κ3) is 7.50. The largest absolute Gasteiger partial charge is 0.362 e. The summed E-state index contributed by atoms with van der Waals surface area (Å²) in [5, 5.41) is 15.1. The van der Waals surface area contributed by atoms with Crippen LogP contribution in [-0.4, -0.2) is 22.8 Å². The van der Waals surface area contributed by atoms with Crippen molar-refractivity contribution < 1.29 is 0 Å². The first kappa shape index (κ1) is 21.7. The Morgan fingerprint density at radius 1 is 0.889 bits per heavy atom. The van der Waals surface area contributed by atoms with Gasteiger partial charge in [-0.2, -0.15) is 0 Å². The molecule has 0 aromatic heterocycles. The minimum atomic E-state index is 0.211. The van der Waals surface area contributed by atoms with Crippen LogP contribution in [0.4, 0.5) is 11.4 Å². The van der Waals surface area contributed by atoms with E-state index in [1.54, 1.807) is 0 Å². The van der Waals surface area contributed by atoms with Crippen molar-refractivity contribution in [1.82, 2.24) is 10.6 Å². The average Bonchev–Trinajstić information content (AvgIpc) is 2.64. The first-order chi connectivity index (χ1) is 13.0. The molecule has 27 heavy (non-hydrogen) atoms. The van der Waals surface area contributed by atoms with Gasteiger partial charge in [-0.15, -0.1) is 0 Å². The molecule has 0 heterocycles. The summed E-state index contributed by atoms with van der Waals surface area (Å²) in [6.07, 6.45) is 1.78. The van der Waals surface area contributed by atoms with Crippen molar-refractivity contribution in [3.05, 3.63) is 58.6 Å². The van der Waals surface area contributed by atoms with Crippen molar-refractivity contribution in [2.75, 3.05) is 17.2 Å². The van der Waals surface area contributed by atoms with E-state index in [4.69, 9.17) is 47.6 Å². The zero-order valence-electron chi connectivity index (χ0n) is 14.9. The van der Waals surface area contributed by atoms with Gasteiger partial charge in [0.2, 0.25) is 0 Å². The predicted octanol–water partition coefficient (Wildman–Crippen LogP) is 5.44. The molecule has 0 aliphatic rings. The standard InChI is InChI=1S/C19H22Cl2N4S2/c1-2-13(23-19(27)25-17-10-6-4-8-15(17)21)11-12-22-18(26)24-16-9-5-3-7-14(16)20/h3-10,13H,2,11-12H2,1H3,(H2,22,24,26)(H2,23,25,27)/t13-/m1/s1. The highest BCUT2D eigenvalue weighted by atomic mass is 35.5. The summed E-state index contributed by atoms with van der Waals surface area (Å²) in [5.74, 6) is 0. The van der Waals surface area contributed by atoms with Crippen LogP contribution in [0.5, 0.6) is 0 Å². The number of anilines is 2. The molecule has 0 radical (unpaired) electrons. The highest BCUT2D eigenvalue weighted by Gasteiger charge is 2.09. The number of halogens is 2. The van der Waals surface area contributed by atoms with Crippen LogP contribution >= 0.6 is 47.6 Å². The molecule has 2 rings (SSSR count). The van der Waals surface area contributed by atoms with Crippen LogP contribution in [0.3, 0.4) is 0 Å². The summed E-state index contributed by atoms with van der Waals surface area (Å²) in [5.41, 5.74) is 1.57. The van der Waals surface area contributed by atoms with E-state index in [0.29, 0.717) is 26.8 Å². The quantitative estimate of drug-likeness (QED) is 0.430. The normalized spacial score (nSPS) is 11.4. The van der Waals surface area contributed by atoms with E-state index in [1.165, 1.54) is 0 Å². The zero-order chi connectivity index (χ0) is 19.6. The van der Waals surface area contributed by atoms with E-state index in [2.05, 4.69) is 28.2 Å². The molecule has 0 saturated carbocycles. The van der Waals surface area contributed by atoms with E-state index in [0.717, 1.165) is 24.2 Å². The molecule has 0 unspecified atom stereocenters. The van der Waals surface area contributed by atoms with Crippen molar-refractivity contribution in [2.45, 2.75) is 25.8 Å². The highest BCUT2D eigenvalue weighted by molar-refractivity contribution is 7.80. The Balaban J connectivity index is 1.74. The number of nitrogens with one attached hydrogen (secondary N) is 4. The monoisotopic (exact) mass is 440 g/mol. The Kier molecular flexibility index (Phi) is 9.07. The summed E-state index contributed by atoms with van der Waals surface area (Å²) in [4.78, 5) is 0. The first-order valence-corrected chi connectivity index (χ1v) is 10.2. The topological polar surface area (TPSA) is 48.1 Å². The molecular formula is C19H22Cl2N4S2. The number of hydrogen-bond acceptors (Lipinski definition) is 2. The van der Waals surface area contributed by atoms with Gasteiger partial charge in [-0.1, -0.05) is 54.4 Å². The van der Waals surface area contributed by atoms with Gasteiger partial charge in [-0.25, -0.2) is 0 Å². The molecule has 4 nitrogen and oxygen atoms in total. The number of para-hydroxylation sites is 2. The molecule has 0 spiro atoms. The fraction of sp³-hybridized carbons (Fsp3) is 0.263. The first-order valence-electron chi connectivity index (χ1n) is 8.61. The van der Waals surface area contributed by atoms with Crippen LogP contribution < -0.4 is 21.3 Å². The maximum Gasteiger partial charge on any atom is 0.171 e. The molecule has 2 aromatic carbocycles. The number of hydrogen-bond donors (Lipinski definition) is 4. The minimum absolute atomic E-state index is 0.211. The van der Waals surface area contributed by atoms with Crippen molar-refractivity contribution in [2.24, 2.45) is 0 Å². The van der Waals surface area contributed by atoms with Crippen LogP contribution in [0.15, 0.2) is 48.5 Å². The van der Waals surface area contributed by atoms with Gasteiger partial charge in [0, 0.05) is 12.6 Å². The van der Waals surface area contributed by atoms with E-state index >= 15 is 0 Å². The Hall–Kier alpha value is -1.60. The van der Waals surface area contributed by atoms with Gasteiger partial charge >= 0.3 is 0 Å². The lowest BCUT2D eigenvalue weighted by molar-refractivity contribution is 0.542. The smallest absolute Gasteiger partial charge is 0.171 e. The van der Waals surface area contributed by atoms with Crippen molar-refractivity contribution in [1.29, 1.82) is 0 Å². The van der Waals surface area contributed by atoms with Gasteiger partial charge < -0.3 is 21.3 Å². The van der Waals surface area contributed by atoms with E-state index in [-0.39, 0.29) is 6.04 Å². The molecule has 0 saturated heterocycles. The van der Waals surface area contributed by atoms with Gasteiger partial charge in [-0.3, -0.25) is 0 Å². The van der Waals surface area contributed by atoms with E-state index in [1.807, 2.05) is 48.5 Å². The Bertz CT molecular complexity index is 786. The third-order valence-electron chi connectivity index (χ3n) is 3.85. The summed E-state index contributed by atoms with van der Waals surface area (Å²) in [6.45, 7) is 2.81. The lowest BCUT2D eigenvalue weighted by Gasteiger charge is -2.20. The van der Waals surface area contributed by atoms with Gasteiger partial charge in [0.1, 0.15) is 0 Å². The van der Waals surface area contributed by atoms with E-state index < -0.39 is 0 Å². The second kappa shape index (κ2) is 11.3. The second-order valence-corrected chi connectivity index (χ2v) is 7.46. The Morgan fingerprint density at radius 2 is 1.41 bits per heavy atom. The van der Waals surface area contributed by atoms with Gasteiger partial charge in [0.05, 0.1) is 21.4 Å². The molecule has 1 atom stereocenters. The summed E-state index contributed by atoms with van der Waals surface area (Å²) >= 11 is 23.0. The molecule has 2 aromatic rings. The SMILES string of the molecule is CC[C@H](CCNC(=S)Nc1ccccc1Cl)NC(=S)Nc1ccccc1Cl. The summed E-state index contributed by atoms with van der Waals surface area (Å²) < 4.78 is 0. The fourth-order valence-corrected chi connectivity index (χ4v) is 3.23. The molecule has 0 fully saturated rings. The molecule has 8 heteroatoms. The number of benzene rings is 2. The molecule has 4 N–H and O–H groups in total. The van der Waals surface area contributed by atoms with Crippen molar-refractivity contribution >= 4 is 69.2 Å². The van der Waals surface area contributed by atoms with Gasteiger partial charge in [0.25, 0.3) is 0 Å². The Morgan fingerprint density at radius 3 is 1.93 bits per heavy atom. The number of thiocarbonyl (C=S) groups is 2.